The molecule has 3 amide bonds. The van der Waals surface area contributed by atoms with Gasteiger partial charge in [-0.3, -0.25) is 29.1 Å². The number of halogens is 2. The molecule has 0 saturated heterocycles. The standard InChI is InChI=1S/C36H36F2N4O6/c1-24(2)31(32(44)36(37,38)34(46)39-21-20-25-12-6-3-7-13-25)41-30(43)22-42-29(27-16-10-5-11-17-27)19-18-28(33(42)45)40-35(47)48-23-26-14-8-4-9-15-26/h3-19,24,31H,20-23H2,1-2H3,(H,39,46)(H,40,47)(H,41,43). The van der Waals surface area contributed by atoms with Crippen LogP contribution in [-0.2, 0) is 38.7 Å². The van der Waals surface area contributed by atoms with Crippen LogP contribution in [0.25, 0.3) is 11.3 Å². The van der Waals surface area contributed by atoms with Gasteiger partial charge in [0.1, 0.15) is 18.8 Å². The number of hydrogen-bond acceptors (Lipinski definition) is 6. The number of anilines is 1. The summed E-state index contributed by atoms with van der Waals surface area (Å²) in [6, 6.07) is 27.5. The van der Waals surface area contributed by atoms with Gasteiger partial charge in [0.2, 0.25) is 11.7 Å². The molecule has 3 N–H and O–H groups in total. The number of rotatable bonds is 14. The summed E-state index contributed by atoms with van der Waals surface area (Å²) >= 11 is 0. The molecule has 250 valence electrons. The summed E-state index contributed by atoms with van der Waals surface area (Å²) in [5.41, 5.74) is 1.40. The first kappa shape index (κ1) is 35.2. The van der Waals surface area contributed by atoms with E-state index in [2.05, 4.69) is 16.0 Å². The summed E-state index contributed by atoms with van der Waals surface area (Å²) in [4.78, 5) is 64.8. The Hall–Kier alpha value is -5.65. The first-order valence-corrected chi connectivity index (χ1v) is 15.3. The predicted molar refractivity (Wildman–Crippen MR) is 176 cm³/mol. The van der Waals surface area contributed by atoms with E-state index in [0.29, 0.717) is 5.56 Å². The van der Waals surface area contributed by atoms with Gasteiger partial charge < -0.3 is 15.4 Å². The molecule has 1 aromatic heterocycles. The van der Waals surface area contributed by atoms with E-state index in [1.165, 1.54) is 26.0 Å². The maximum Gasteiger partial charge on any atom is 0.412 e. The minimum absolute atomic E-state index is 0.0499. The fraction of sp³-hybridized carbons (Fsp3) is 0.250. The van der Waals surface area contributed by atoms with Gasteiger partial charge in [0, 0.05) is 6.54 Å². The lowest BCUT2D eigenvalue weighted by Crippen LogP contribution is -2.57. The number of aromatic nitrogens is 1. The molecule has 12 heteroatoms. The number of benzene rings is 3. The van der Waals surface area contributed by atoms with E-state index in [1.54, 1.807) is 84.9 Å². The molecule has 4 rings (SSSR count). The molecule has 0 aliphatic rings. The quantitative estimate of drug-likeness (QED) is 0.164. The molecular weight excluding hydrogens is 622 g/mol. The Labute approximate surface area is 276 Å². The molecule has 0 aliphatic heterocycles. The van der Waals surface area contributed by atoms with Crippen molar-refractivity contribution in [3.63, 3.8) is 0 Å². The molecule has 1 heterocycles. The van der Waals surface area contributed by atoms with Crippen molar-refractivity contribution in [1.82, 2.24) is 15.2 Å². The number of amides is 3. The lowest BCUT2D eigenvalue weighted by Gasteiger charge is -2.25. The van der Waals surface area contributed by atoms with Gasteiger partial charge in [0.15, 0.2) is 0 Å². The second kappa shape index (κ2) is 16.3. The van der Waals surface area contributed by atoms with Gasteiger partial charge in [-0.15, -0.1) is 0 Å². The van der Waals surface area contributed by atoms with Gasteiger partial charge in [-0.05, 0) is 41.2 Å². The van der Waals surface area contributed by atoms with Crippen LogP contribution in [0.15, 0.2) is 108 Å². The van der Waals surface area contributed by atoms with Crippen LogP contribution >= 0.6 is 0 Å². The van der Waals surface area contributed by atoms with Crippen LogP contribution in [0.5, 0.6) is 0 Å². The molecule has 0 radical (unpaired) electrons. The highest BCUT2D eigenvalue weighted by Crippen LogP contribution is 2.22. The number of pyridine rings is 1. The molecule has 3 aromatic carbocycles. The molecule has 1 atom stereocenters. The number of alkyl halides is 2. The number of carbonyl (C=O) groups is 4. The van der Waals surface area contributed by atoms with Crippen LogP contribution in [0, 0.1) is 5.92 Å². The molecule has 0 fully saturated rings. The molecule has 0 saturated carbocycles. The number of hydrogen-bond donors (Lipinski definition) is 3. The van der Waals surface area contributed by atoms with Crippen LogP contribution < -0.4 is 21.5 Å². The molecular formula is C36H36F2N4O6. The van der Waals surface area contributed by atoms with Gasteiger partial charge in [-0.25, -0.2) is 4.79 Å². The first-order valence-electron chi connectivity index (χ1n) is 15.3. The smallest absolute Gasteiger partial charge is 0.412 e. The molecule has 1 unspecified atom stereocenters. The van der Waals surface area contributed by atoms with Crippen molar-refractivity contribution < 1.29 is 32.7 Å². The van der Waals surface area contributed by atoms with E-state index < -0.39 is 53.7 Å². The zero-order chi connectivity index (χ0) is 34.7. The summed E-state index contributed by atoms with van der Waals surface area (Å²) in [5.74, 6) is -9.76. The lowest BCUT2D eigenvalue weighted by atomic mass is 9.95. The van der Waals surface area contributed by atoms with Crippen LogP contribution in [0.3, 0.4) is 0 Å². The van der Waals surface area contributed by atoms with Crippen LogP contribution in [0.2, 0.25) is 0 Å². The Morgan fingerprint density at radius 3 is 2.00 bits per heavy atom. The van der Waals surface area contributed by atoms with Gasteiger partial charge in [0.05, 0.1) is 11.7 Å². The normalized spacial score (nSPS) is 11.8. The number of nitrogens with zero attached hydrogens (tertiary/aromatic N) is 1. The van der Waals surface area contributed by atoms with Crippen molar-refractivity contribution in [2.45, 2.75) is 45.4 Å². The molecule has 0 spiro atoms. The van der Waals surface area contributed by atoms with Crippen molar-refractivity contribution in [2.24, 2.45) is 5.92 Å². The van der Waals surface area contributed by atoms with Gasteiger partial charge >= 0.3 is 12.0 Å². The van der Waals surface area contributed by atoms with Crippen LogP contribution in [0.4, 0.5) is 19.3 Å². The van der Waals surface area contributed by atoms with E-state index in [1.807, 2.05) is 6.07 Å². The zero-order valence-corrected chi connectivity index (χ0v) is 26.5. The van der Waals surface area contributed by atoms with E-state index in [-0.39, 0.29) is 31.0 Å². The SMILES string of the molecule is CC(C)C(NC(=O)Cn1c(-c2ccccc2)ccc(NC(=O)OCc2ccccc2)c1=O)C(=O)C(F)(F)C(=O)NCCc1ccccc1. The fourth-order valence-electron chi connectivity index (χ4n) is 4.84. The third-order valence-corrected chi connectivity index (χ3v) is 7.40. The summed E-state index contributed by atoms with van der Waals surface area (Å²) < 4.78 is 36.5. The van der Waals surface area contributed by atoms with E-state index in [4.69, 9.17) is 4.74 Å². The highest BCUT2D eigenvalue weighted by Gasteiger charge is 2.51. The van der Waals surface area contributed by atoms with Gasteiger partial charge in [-0.1, -0.05) is 105 Å². The Kier molecular flexibility index (Phi) is 11.9. The average molecular weight is 659 g/mol. The van der Waals surface area contributed by atoms with Gasteiger partial charge in [0.25, 0.3) is 11.5 Å². The highest BCUT2D eigenvalue weighted by atomic mass is 19.3. The van der Waals surface area contributed by atoms with Crippen molar-refractivity contribution in [3.8, 4) is 11.3 Å². The third-order valence-electron chi connectivity index (χ3n) is 7.40. The predicted octanol–water partition coefficient (Wildman–Crippen LogP) is 4.97. The van der Waals surface area contributed by atoms with E-state index in [9.17, 15) is 24.0 Å². The molecule has 10 nitrogen and oxygen atoms in total. The fourth-order valence-corrected chi connectivity index (χ4v) is 4.84. The Morgan fingerprint density at radius 2 is 1.40 bits per heavy atom. The largest absolute Gasteiger partial charge is 0.444 e. The summed E-state index contributed by atoms with van der Waals surface area (Å²) in [6.07, 6.45) is -0.632. The Balaban J connectivity index is 1.49. The second-order valence-corrected chi connectivity index (χ2v) is 11.3. The summed E-state index contributed by atoms with van der Waals surface area (Å²) in [7, 11) is 0. The molecule has 0 bridgehead atoms. The topological polar surface area (TPSA) is 136 Å². The average Bonchev–Trinajstić information content (AvgIpc) is 3.09. The first-order chi connectivity index (χ1) is 23.0. The zero-order valence-electron chi connectivity index (χ0n) is 26.5. The Bertz CT molecular complexity index is 1780. The minimum atomic E-state index is -4.44. The number of carbonyl (C=O) groups excluding carboxylic acids is 4. The van der Waals surface area contributed by atoms with Crippen molar-refractivity contribution in [2.75, 3.05) is 11.9 Å². The summed E-state index contributed by atoms with van der Waals surface area (Å²) in [6.45, 7) is 2.02. The highest BCUT2D eigenvalue weighted by molar-refractivity contribution is 6.10. The minimum Gasteiger partial charge on any atom is -0.444 e. The Morgan fingerprint density at radius 1 is 0.812 bits per heavy atom. The molecule has 0 aliphatic carbocycles. The number of Topliss-reactive ketones (excluding diaryl/α,β-unsaturated/α-hetero) is 1. The van der Waals surface area contributed by atoms with Crippen LogP contribution in [0.1, 0.15) is 25.0 Å². The summed E-state index contributed by atoms with van der Waals surface area (Å²) in [5, 5.41) is 6.78. The lowest BCUT2D eigenvalue weighted by molar-refractivity contribution is -0.161. The van der Waals surface area contributed by atoms with Crippen molar-refractivity contribution in [1.29, 1.82) is 0 Å². The number of nitrogens with one attached hydrogen (secondary N) is 3. The maximum absolute atomic E-state index is 15.1. The number of ketones is 1. The monoisotopic (exact) mass is 658 g/mol. The van der Waals surface area contributed by atoms with E-state index >= 15 is 8.78 Å². The van der Waals surface area contributed by atoms with Crippen molar-refractivity contribution >= 4 is 29.4 Å². The molecule has 48 heavy (non-hydrogen) atoms. The van der Waals surface area contributed by atoms with Crippen LogP contribution in [-0.4, -0.2) is 46.8 Å². The maximum atomic E-state index is 15.1. The van der Waals surface area contributed by atoms with Gasteiger partial charge in [-0.2, -0.15) is 8.78 Å². The van der Waals surface area contributed by atoms with E-state index in [0.717, 1.165) is 15.7 Å². The molecule has 4 aromatic rings. The second-order valence-electron chi connectivity index (χ2n) is 11.3. The number of ether oxygens (including phenoxy) is 1. The van der Waals surface area contributed by atoms with Crippen molar-refractivity contribution in [3.05, 3.63) is 125 Å². The third kappa shape index (κ3) is 9.21.